The molecule has 1 unspecified atom stereocenters. The molecule has 0 bridgehead atoms. The third kappa shape index (κ3) is 4.06. The first-order chi connectivity index (χ1) is 9.52. The SMILES string of the molecule is CCC(C)(CNCC(C)C)CN1CCn2ccnc2C1. The lowest BCUT2D eigenvalue weighted by molar-refractivity contribution is 0.126. The summed E-state index contributed by atoms with van der Waals surface area (Å²) in [5, 5.41) is 3.63. The highest BCUT2D eigenvalue weighted by Crippen LogP contribution is 2.24. The van der Waals surface area contributed by atoms with Crippen LogP contribution in [0.1, 0.15) is 39.9 Å². The molecule has 1 aliphatic heterocycles. The van der Waals surface area contributed by atoms with Gasteiger partial charge in [0.05, 0.1) is 6.54 Å². The Morgan fingerprint density at radius 3 is 2.90 bits per heavy atom. The van der Waals surface area contributed by atoms with Crippen molar-refractivity contribution < 1.29 is 0 Å². The predicted molar refractivity (Wildman–Crippen MR) is 83.6 cm³/mol. The Labute approximate surface area is 123 Å². The first kappa shape index (κ1) is 15.5. The standard InChI is InChI=1S/C16H30N4/c1-5-16(4,12-17-10-14(2)3)13-19-8-9-20-7-6-18-15(20)11-19/h6-7,14,17H,5,8-13H2,1-4H3. The van der Waals surface area contributed by atoms with Gasteiger partial charge in [-0.05, 0) is 24.3 Å². The summed E-state index contributed by atoms with van der Waals surface area (Å²) in [6, 6.07) is 0. The number of fused-ring (bicyclic) bond motifs is 1. The Balaban J connectivity index is 1.86. The maximum Gasteiger partial charge on any atom is 0.122 e. The fourth-order valence-corrected chi connectivity index (χ4v) is 2.85. The summed E-state index contributed by atoms with van der Waals surface area (Å²) in [7, 11) is 0. The summed E-state index contributed by atoms with van der Waals surface area (Å²) < 4.78 is 2.27. The van der Waals surface area contributed by atoms with Gasteiger partial charge in [0.2, 0.25) is 0 Å². The molecule has 4 nitrogen and oxygen atoms in total. The zero-order valence-electron chi connectivity index (χ0n) is 13.5. The van der Waals surface area contributed by atoms with Crippen LogP contribution in [0.5, 0.6) is 0 Å². The van der Waals surface area contributed by atoms with Crippen LogP contribution in [0.15, 0.2) is 12.4 Å². The van der Waals surface area contributed by atoms with E-state index in [0.717, 1.165) is 45.2 Å². The highest BCUT2D eigenvalue weighted by molar-refractivity contribution is 4.96. The molecular weight excluding hydrogens is 248 g/mol. The van der Waals surface area contributed by atoms with E-state index in [0.29, 0.717) is 5.41 Å². The van der Waals surface area contributed by atoms with E-state index in [1.54, 1.807) is 0 Å². The molecule has 4 heteroatoms. The van der Waals surface area contributed by atoms with Gasteiger partial charge in [-0.2, -0.15) is 0 Å². The average molecular weight is 278 g/mol. The number of rotatable bonds is 7. The molecule has 0 saturated heterocycles. The summed E-state index contributed by atoms with van der Waals surface area (Å²) in [6.45, 7) is 15.8. The van der Waals surface area contributed by atoms with Gasteiger partial charge in [0.15, 0.2) is 0 Å². The molecule has 0 aromatic carbocycles. The highest BCUT2D eigenvalue weighted by Gasteiger charge is 2.27. The van der Waals surface area contributed by atoms with Gasteiger partial charge in [0, 0.05) is 38.6 Å². The normalized spacial score (nSPS) is 19.1. The van der Waals surface area contributed by atoms with E-state index in [4.69, 9.17) is 0 Å². The minimum atomic E-state index is 0.351. The zero-order chi connectivity index (χ0) is 14.6. The van der Waals surface area contributed by atoms with Crippen LogP contribution in [0.25, 0.3) is 0 Å². The molecule has 2 heterocycles. The third-order valence-corrected chi connectivity index (χ3v) is 4.39. The highest BCUT2D eigenvalue weighted by atomic mass is 15.2. The summed E-state index contributed by atoms with van der Waals surface area (Å²) >= 11 is 0. The Kier molecular flexibility index (Phi) is 5.22. The summed E-state index contributed by atoms with van der Waals surface area (Å²) in [4.78, 5) is 7.01. The van der Waals surface area contributed by atoms with Crippen molar-refractivity contribution >= 4 is 0 Å². The number of hydrogen-bond donors (Lipinski definition) is 1. The quantitative estimate of drug-likeness (QED) is 0.831. The first-order valence-corrected chi connectivity index (χ1v) is 7.95. The zero-order valence-corrected chi connectivity index (χ0v) is 13.5. The Morgan fingerprint density at radius 1 is 1.40 bits per heavy atom. The van der Waals surface area contributed by atoms with Crippen molar-refractivity contribution in [3.8, 4) is 0 Å². The maximum absolute atomic E-state index is 4.45. The van der Waals surface area contributed by atoms with E-state index >= 15 is 0 Å². The van der Waals surface area contributed by atoms with Crippen LogP contribution in [0.2, 0.25) is 0 Å². The second-order valence-electron chi connectivity index (χ2n) is 6.94. The van der Waals surface area contributed by atoms with E-state index in [2.05, 4.69) is 53.7 Å². The summed E-state index contributed by atoms with van der Waals surface area (Å²) in [5.41, 5.74) is 0.351. The van der Waals surface area contributed by atoms with Crippen molar-refractivity contribution in [1.29, 1.82) is 0 Å². The molecule has 0 saturated carbocycles. The molecule has 0 fully saturated rings. The van der Waals surface area contributed by atoms with Crippen molar-refractivity contribution in [2.45, 2.75) is 47.2 Å². The summed E-state index contributed by atoms with van der Waals surface area (Å²) in [5.74, 6) is 1.93. The molecule has 1 N–H and O–H groups in total. The number of hydrogen-bond acceptors (Lipinski definition) is 3. The van der Waals surface area contributed by atoms with Crippen molar-refractivity contribution in [3.63, 3.8) is 0 Å². The van der Waals surface area contributed by atoms with Crippen molar-refractivity contribution in [2.75, 3.05) is 26.2 Å². The smallest absolute Gasteiger partial charge is 0.122 e. The van der Waals surface area contributed by atoms with E-state index in [-0.39, 0.29) is 0 Å². The first-order valence-electron chi connectivity index (χ1n) is 7.95. The lowest BCUT2D eigenvalue weighted by Gasteiger charge is -2.37. The monoisotopic (exact) mass is 278 g/mol. The molecule has 1 atom stereocenters. The fourth-order valence-electron chi connectivity index (χ4n) is 2.85. The molecule has 114 valence electrons. The minimum absolute atomic E-state index is 0.351. The van der Waals surface area contributed by atoms with Gasteiger partial charge in [-0.15, -0.1) is 0 Å². The molecule has 0 aliphatic carbocycles. The van der Waals surface area contributed by atoms with Crippen molar-refractivity contribution in [2.24, 2.45) is 11.3 Å². The van der Waals surface area contributed by atoms with Crippen molar-refractivity contribution in [3.05, 3.63) is 18.2 Å². The molecule has 20 heavy (non-hydrogen) atoms. The Hall–Kier alpha value is -0.870. The summed E-state index contributed by atoms with van der Waals surface area (Å²) in [6.07, 6.45) is 5.22. The van der Waals surface area contributed by atoms with Crippen LogP contribution < -0.4 is 5.32 Å². The van der Waals surface area contributed by atoms with Crippen LogP contribution in [-0.4, -0.2) is 40.6 Å². The van der Waals surface area contributed by atoms with Crippen LogP contribution in [0.4, 0.5) is 0 Å². The largest absolute Gasteiger partial charge is 0.333 e. The molecule has 1 aromatic heterocycles. The maximum atomic E-state index is 4.45. The molecule has 0 amide bonds. The van der Waals surface area contributed by atoms with Crippen molar-refractivity contribution in [1.82, 2.24) is 19.8 Å². The van der Waals surface area contributed by atoms with Crippen LogP contribution in [0.3, 0.4) is 0 Å². The number of aromatic nitrogens is 2. The van der Waals surface area contributed by atoms with E-state index in [1.165, 1.54) is 12.2 Å². The van der Waals surface area contributed by atoms with Gasteiger partial charge in [0.1, 0.15) is 5.82 Å². The van der Waals surface area contributed by atoms with Crippen LogP contribution in [0, 0.1) is 11.3 Å². The second-order valence-corrected chi connectivity index (χ2v) is 6.94. The molecule has 1 aromatic rings. The van der Waals surface area contributed by atoms with E-state index in [9.17, 15) is 0 Å². The van der Waals surface area contributed by atoms with Gasteiger partial charge in [0.25, 0.3) is 0 Å². The molecule has 0 radical (unpaired) electrons. The average Bonchev–Trinajstić information content (AvgIpc) is 2.85. The fraction of sp³-hybridized carbons (Fsp3) is 0.812. The van der Waals surface area contributed by atoms with Gasteiger partial charge in [-0.3, -0.25) is 4.90 Å². The number of nitrogens with zero attached hydrogens (tertiary/aromatic N) is 3. The predicted octanol–water partition coefficient (Wildman–Crippen LogP) is 2.36. The Bertz CT molecular complexity index is 412. The van der Waals surface area contributed by atoms with Gasteiger partial charge >= 0.3 is 0 Å². The number of imidazole rings is 1. The topological polar surface area (TPSA) is 33.1 Å². The van der Waals surface area contributed by atoms with Gasteiger partial charge in [-0.25, -0.2) is 4.98 Å². The minimum Gasteiger partial charge on any atom is -0.333 e. The third-order valence-electron chi connectivity index (χ3n) is 4.39. The van der Waals surface area contributed by atoms with Crippen LogP contribution >= 0.6 is 0 Å². The lowest BCUT2D eigenvalue weighted by atomic mass is 9.86. The van der Waals surface area contributed by atoms with Gasteiger partial charge in [-0.1, -0.05) is 27.7 Å². The molecule has 2 rings (SSSR count). The number of nitrogens with one attached hydrogen (secondary N) is 1. The van der Waals surface area contributed by atoms with E-state index in [1.807, 2.05) is 6.20 Å². The molecule has 1 aliphatic rings. The Morgan fingerprint density at radius 2 is 2.20 bits per heavy atom. The van der Waals surface area contributed by atoms with Gasteiger partial charge < -0.3 is 9.88 Å². The lowest BCUT2D eigenvalue weighted by Crippen LogP contribution is -2.45. The molecule has 0 spiro atoms. The molecular formula is C16H30N4. The van der Waals surface area contributed by atoms with E-state index < -0.39 is 0 Å². The second kappa shape index (κ2) is 6.72. The van der Waals surface area contributed by atoms with Crippen LogP contribution in [-0.2, 0) is 13.1 Å².